The monoisotopic (exact) mass is 483 g/mol. The van der Waals surface area contributed by atoms with Crippen molar-refractivity contribution in [1.29, 1.82) is 5.26 Å². The molecule has 0 fully saturated rings. The third-order valence-electron chi connectivity index (χ3n) is 6.64. The number of amidine groups is 1. The summed E-state index contributed by atoms with van der Waals surface area (Å²) in [6.45, 7) is 23.1. The van der Waals surface area contributed by atoms with Crippen molar-refractivity contribution in [3.63, 3.8) is 0 Å². The molecule has 0 aromatic heterocycles. The van der Waals surface area contributed by atoms with E-state index in [1.165, 1.54) is 0 Å². The third kappa shape index (κ3) is 7.29. The molecule has 4 nitrogen and oxygen atoms in total. The highest BCUT2D eigenvalue weighted by Crippen LogP contribution is 2.30. The van der Waals surface area contributed by atoms with Gasteiger partial charge in [-0.2, -0.15) is 5.26 Å². The number of nitrogens with zero attached hydrogens (tertiary/aromatic N) is 2. The number of allylic oxidation sites excluding steroid dienone is 2. The van der Waals surface area contributed by atoms with E-state index in [2.05, 4.69) is 57.1 Å². The fourth-order valence-electron chi connectivity index (χ4n) is 4.42. The topological polar surface area (TPSA) is 68.4 Å². The van der Waals surface area contributed by atoms with Gasteiger partial charge in [-0.15, -0.1) is 6.58 Å². The molecule has 0 heterocycles. The second-order valence-corrected chi connectivity index (χ2v) is 9.53. The summed E-state index contributed by atoms with van der Waals surface area (Å²) in [7, 11) is 0. The Kier molecular flexibility index (Phi) is 10.9. The molecule has 190 valence electrons. The van der Waals surface area contributed by atoms with Crippen molar-refractivity contribution in [3.05, 3.63) is 95.1 Å². The summed E-state index contributed by atoms with van der Waals surface area (Å²) in [5.74, 6) is 0.762. The maximum absolute atomic E-state index is 9.93. The lowest BCUT2D eigenvalue weighted by Gasteiger charge is -2.23. The van der Waals surface area contributed by atoms with Crippen molar-refractivity contribution in [2.45, 2.75) is 72.4 Å². The molecule has 0 bridgehead atoms. The lowest BCUT2D eigenvalue weighted by atomic mass is 9.89. The summed E-state index contributed by atoms with van der Waals surface area (Å²) in [5.41, 5.74) is 8.97. The van der Waals surface area contributed by atoms with Gasteiger partial charge in [0.15, 0.2) is 0 Å². The van der Waals surface area contributed by atoms with Gasteiger partial charge in [0.25, 0.3) is 0 Å². The van der Waals surface area contributed by atoms with Crippen LogP contribution in [0.3, 0.4) is 0 Å². The van der Waals surface area contributed by atoms with E-state index in [1.807, 2.05) is 39.0 Å². The minimum Gasteiger partial charge on any atom is -0.393 e. The highest BCUT2D eigenvalue weighted by atomic mass is 16.3. The predicted octanol–water partition coefficient (Wildman–Crippen LogP) is 7.45. The van der Waals surface area contributed by atoms with Crippen molar-refractivity contribution >= 4 is 17.0 Å². The zero-order chi connectivity index (χ0) is 26.8. The van der Waals surface area contributed by atoms with Gasteiger partial charge in [-0.1, -0.05) is 49.9 Å². The van der Waals surface area contributed by atoms with Crippen LogP contribution >= 0.6 is 0 Å². The Morgan fingerprint density at radius 3 is 2.53 bits per heavy atom. The zero-order valence-electron chi connectivity index (χ0n) is 22.6. The van der Waals surface area contributed by atoms with Gasteiger partial charge in [0.1, 0.15) is 5.84 Å². The average molecular weight is 484 g/mol. The number of nitriles is 1. The first kappa shape index (κ1) is 28.8. The molecular weight excluding hydrogens is 442 g/mol. The molecule has 36 heavy (non-hydrogen) atoms. The van der Waals surface area contributed by atoms with Crippen LogP contribution in [0.5, 0.6) is 0 Å². The minimum absolute atomic E-state index is 0.0664. The van der Waals surface area contributed by atoms with Gasteiger partial charge in [-0.05, 0) is 98.9 Å². The molecule has 0 saturated heterocycles. The number of hydrogen-bond donors (Lipinski definition) is 2. The van der Waals surface area contributed by atoms with E-state index >= 15 is 0 Å². The maximum atomic E-state index is 9.93. The molecular formula is C32H41N3O. The van der Waals surface area contributed by atoms with E-state index in [0.29, 0.717) is 12.1 Å². The van der Waals surface area contributed by atoms with Gasteiger partial charge in [0.2, 0.25) is 0 Å². The Morgan fingerprint density at radius 2 is 1.92 bits per heavy atom. The first-order valence-corrected chi connectivity index (χ1v) is 12.7. The fraction of sp³-hybridized carbons (Fsp3) is 0.375. The number of aliphatic imine (C=N–C) groups is 1. The second-order valence-electron chi connectivity index (χ2n) is 9.53. The van der Waals surface area contributed by atoms with Crippen LogP contribution in [0.25, 0.3) is 11.1 Å². The van der Waals surface area contributed by atoms with Crippen molar-refractivity contribution in [3.8, 4) is 6.07 Å². The molecule has 2 atom stereocenters. The van der Waals surface area contributed by atoms with Crippen LogP contribution in [0.4, 0.5) is 0 Å². The van der Waals surface area contributed by atoms with Crippen LogP contribution in [0.2, 0.25) is 0 Å². The molecule has 2 aromatic rings. The molecule has 4 heteroatoms. The summed E-state index contributed by atoms with van der Waals surface area (Å²) >= 11 is 0. The average Bonchev–Trinajstić information content (AvgIpc) is 2.86. The molecule has 2 N–H and O–H groups in total. The largest absolute Gasteiger partial charge is 0.393 e. The van der Waals surface area contributed by atoms with E-state index in [1.54, 1.807) is 6.08 Å². The predicted molar refractivity (Wildman–Crippen MR) is 154 cm³/mol. The summed E-state index contributed by atoms with van der Waals surface area (Å²) in [4.78, 5) is 4.84. The Morgan fingerprint density at radius 1 is 1.19 bits per heavy atom. The molecule has 0 aliphatic heterocycles. The SMILES string of the molecule is C=CC/N=C(/N[C@H](C)c1cccc(C#N)c1C)c1cc(C(=C)CCC[C@H](O)CC)c(C)cc1C(=C)C. The van der Waals surface area contributed by atoms with E-state index in [0.717, 1.165) is 76.0 Å². The van der Waals surface area contributed by atoms with Crippen molar-refractivity contribution in [2.75, 3.05) is 6.54 Å². The summed E-state index contributed by atoms with van der Waals surface area (Å²) in [6, 6.07) is 12.3. The Labute approximate surface area is 217 Å². The molecule has 0 radical (unpaired) electrons. The zero-order valence-corrected chi connectivity index (χ0v) is 22.6. The van der Waals surface area contributed by atoms with Crippen LogP contribution in [-0.4, -0.2) is 23.6 Å². The Balaban J connectivity index is 2.50. The van der Waals surface area contributed by atoms with Gasteiger partial charge < -0.3 is 10.4 Å². The number of aryl methyl sites for hydroxylation is 1. The van der Waals surface area contributed by atoms with E-state index < -0.39 is 0 Å². The number of hydrogen-bond acceptors (Lipinski definition) is 3. The highest BCUT2D eigenvalue weighted by Gasteiger charge is 2.19. The first-order valence-electron chi connectivity index (χ1n) is 12.7. The van der Waals surface area contributed by atoms with Crippen molar-refractivity contribution < 1.29 is 5.11 Å². The summed E-state index contributed by atoms with van der Waals surface area (Å²) in [6.07, 6.45) is 4.79. The van der Waals surface area contributed by atoms with E-state index in [9.17, 15) is 10.4 Å². The van der Waals surface area contributed by atoms with E-state index in [-0.39, 0.29) is 12.1 Å². The minimum atomic E-state index is -0.258. The number of nitrogens with one attached hydrogen (secondary N) is 1. The second kappa shape index (κ2) is 13.6. The van der Waals surface area contributed by atoms with Crippen molar-refractivity contribution in [2.24, 2.45) is 4.99 Å². The van der Waals surface area contributed by atoms with Gasteiger partial charge in [0, 0.05) is 5.56 Å². The van der Waals surface area contributed by atoms with Gasteiger partial charge in [0.05, 0.1) is 30.3 Å². The highest BCUT2D eigenvalue weighted by molar-refractivity contribution is 6.04. The van der Waals surface area contributed by atoms with Crippen molar-refractivity contribution in [1.82, 2.24) is 5.32 Å². The van der Waals surface area contributed by atoms with Gasteiger partial charge >= 0.3 is 0 Å². The molecule has 0 aliphatic rings. The van der Waals surface area contributed by atoms with Crippen LogP contribution in [-0.2, 0) is 0 Å². The molecule has 2 aromatic carbocycles. The molecule has 0 aliphatic carbocycles. The van der Waals surface area contributed by atoms with Crippen LogP contribution in [0.1, 0.15) is 91.4 Å². The lowest BCUT2D eigenvalue weighted by molar-refractivity contribution is 0.158. The molecule has 0 saturated carbocycles. The Bertz CT molecular complexity index is 1180. The number of aliphatic hydroxyl groups excluding tert-OH is 1. The van der Waals surface area contributed by atoms with E-state index in [4.69, 9.17) is 4.99 Å². The number of benzene rings is 2. The van der Waals surface area contributed by atoms with Gasteiger partial charge in [-0.25, -0.2) is 0 Å². The quantitative estimate of drug-likeness (QED) is 0.187. The smallest absolute Gasteiger partial charge is 0.129 e. The molecule has 0 amide bonds. The summed E-state index contributed by atoms with van der Waals surface area (Å²) in [5, 5.41) is 23.0. The molecule has 2 rings (SSSR count). The number of aliphatic hydroxyl groups is 1. The van der Waals surface area contributed by atoms with Crippen LogP contribution in [0, 0.1) is 25.2 Å². The standard InChI is InChI=1S/C32H41N3O/c1-9-17-34-32(35-25(8)28-16-12-14-26(20-33)24(28)7)31-19-30(23(6)18-29(31)21(3)4)22(5)13-11-15-27(36)10-2/h9,12,14,16,18-19,25,27,36H,1,3,5,10-11,13,15,17H2,2,4,6-8H3,(H,34,35)/t25-,27-/m1/s1. The first-order chi connectivity index (χ1) is 17.1. The van der Waals surface area contributed by atoms with Crippen LogP contribution < -0.4 is 5.32 Å². The van der Waals surface area contributed by atoms with Crippen LogP contribution in [0.15, 0.2) is 61.1 Å². The molecule has 0 unspecified atom stereocenters. The maximum Gasteiger partial charge on any atom is 0.129 e. The molecule has 0 spiro atoms. The normalized spacial score (nSPS) is 13.0. The third-order valence-corrected chi connectivity index (χ3v) is 6.64. The fourth-order valence-corrected chi connectivity index (χ4v) is 4.42. The summed E-state index contributed by atoms with van der Waals surface area (Å²) < 4.78 is 0. The number of rotatable bonds is 12. The van der Waals surface area contributed by atoms with Gasteiger partial charge in [-0.3, -0.25) is 4.99 Å². The lowest BCUT2D eigenvalue weighted by Crippen LogP contribution is -2.29. The Hall–Kier alpha value is -3.42.